The molecule has 5 heteroatoms. The third kappa shape index (κ3) is 3.13. The van der Waals surface area contributed by atoms with Gasteiger partial charge in [0, 0.05) is 13.0 Å². The molecule has 1 aromatic rings. The first-order valence-corrected chi connectivity index (χ1v) is 6.08. The largest absolute Gasteiger partial charge is 0.490 e. The lowest BCUT2D eigenvalue weighted by molar-refractivity contribution is -0.122. The minimum Gasteiger partial charge on any atom is -0.490 e. The van der Waals surface area contributed by atoms with Gasteiger partial charge in [0.2, 0.25) is 5.91 Å². The molecule has 0 aliphatic carbocycles. The smallest absolute Gasteiger partial charge is 0.236 e. The van der Waals surface area contributed by atoms with Gasteiger partial charge in [-0.25, -0.2) is 0 Å². The predicted molar refractivity (Wildman–Crippen MR) is 67.5 cm³/mol. The zero-order valence-electron chi connectivity index (χ0n) is 10.4. The Balaban J connectivity index is 2.02. The average molecular weight is 250 g/mol. The first kappa shape index (κ1) is 12.7. The highest BCUT2D eigenvalue weighted by molar-refractivity contribution is 5.80. The standard InChI is InChI=1S/C13H18N2O3/c1-9(14)13(16)15-8-10-3-4-11-12(7-10)18-6-2-5-17-11/h3-4,7,9H,2,5-6,8,14H2,1H3,(H,15,16)/t9-/m0/s1. The van der Waals surface area contributed by atoms with Crippen LogP contribution in [0.4, 0.5) is 0 Å². The summed E-state index contributed by atoms with van der Waals surface area (Å²) in [5.74, 6) is 1.33. The van der Waals surface area contributed by atoms with Crippen molar-refractivity contribution in [1.29, 1.82) is 0 Å². The number of carbonyl (C=O) groups is 1. The van der Waals surface area contributed by atoms with Crippen LogP contribution in [0.1, 0.15) is 18.9 Å². The molecule has 0 aromatic heterocycles. The van der Waals surface area contributed by atoms with Gasteiger partial charge < -0.3 is 20.5 Å². The summed E-state index contributed by atoms with van der Waals surface area (Å²) in [6.45, 7) is 3.43. The zero-order valence-corrected chi connectivity index (χ0v) is 10.4. The fourth-order valence-corrected chi connectivity index (χ4v) is 1.67. The molecule has 5 nitrogen and oxygen atoms in total. The highest BCUT2D eigenvalue weighted by Gasteiger charge is 2.11. The molecule has 2 rings (SSSR count). The molecule has 1 heterocycles. The van der Waals surface area contributed by atoms with E-state index in [0.29, 0.717) is 19.8 Å². The molecule has 1 aliphatic heterocycles. The van der Waals surface area contributed by atoms with E-state index >= 15 is 0 Å². The maximum Gasteiger partial charge on any atom is 0.236 e. The van der Waals surface area contributed by atoms with Crippen LogP contribution < -0.4 is 20.5 Å². The van der Waals surface area contributed by atoms with Crippen molar-refractivity contribution in [2.24, 2.45) is 5.73 Å². The normalized spacial score (nSPS) is 15.7. The monoisotopic (exact) mass is 250 g/mol. The highest BCUT2D eigenvalue weighted by atomic mass is 16.5. The van der Waals surface area contributed by atoms with E-state index in [4.69, 9.17) is 15.2 Å². The van der Waals surface area contributed by atoms with Crippen molar-refractivity contribution in [3.63, 3.8) is 0 Å². The van der Waals surface area contributed by atoms with Crippen molar-refractivity contribution in [2.45, 2.75) is 25.9 Å². The van der Waals surface area contributed by atoms with Gasteiger partial charge in [-0.1, -0.05) is 6.07 Å². The Morgan fingerprint density at radius 2 is 2.11 bits per heavy atom. The minimum atomic E-state index is -0.495. The van der Waals surface area contributed by atoms with Crippen molar-refractivity contribution < 1.29 is 14.3 Å². The lowest BCUT2D eigenvalue weighted by Crippen LogP contribution is -2.37. The number of rotatable bonds is 3. The maximum absolute atomic E-state index is 11.4. The summed E-state index contributed by atoms with van der Waals surface area (Å²) in [6, 6.07) is 5.18. The molecule has 18 heavy (non-hydrogen) atoms. The number of carbonyl (C=O) groups excluding carboxylic acids is 1. The molecule has 98 valence electrons. The van der Waals surface area contributed by atoms with Crippen LogP contribution in [-0.4, -0.2) is 25.2 Å². The summed E-state index contributed by atoms with van der Waals surface area (Å²) in [4.78, 5) is 11.4. The van der Waals surface area contributed by atoms with Gasteiger partial charge in [0.05, 0.1) is 19.3 Å². The van der Waals surface area contributed by atoms with Crippen LogP contribution in [0.5, 0.6) is 11.5 Å². The fourth-order valence-electron chi connectivity index (χ4n) is 1.67. The number of hydrogen-bond donors (Lipinski definition) is 2. The molecule has 1 aliphatic rings. The molecule has 0 radical (unpaired) electrons. The van der Waals surface area contributed by atoms with Crippen LogP contribution in [0, 0.1) is 0 Å². The Bertz CT molecular complexity index is 432. The van der Waals surface area contributed by atoms with Crippen LogP contribution in [0.3, 0.4) is 0 Å². The summed E-state index contributed by atoms with van der Waals surface area (Å²) in [5, 5.41) is 2.76. The van der Waals surface area contributed by atoms with Crippen molar-refractivity contribution >= 4 is 5.91 Å². The van der Waals surface area contributed by atoms with Crippen molar-refractivity contribution in [2.75, 3.05) is 13.2 Å². The van der Waals surface area contributed by atoms with Gasteiger partial charge >= 0.3 is 0 Å². The van der Waals surface area contributed by atoms with Gasteiger partial charge in [0.25, 0.3) is 0 Å². The average Bonchev–Trinajstić information content (AvgIpc) is 2.60. The van der Waals surface area contributed by atoms with Crippen LogP contribution in [-0.2, 0) is 11.3 Å². The van der Waals surface area contributed by atoms with E-state index in [1.807, 2.05) is 18.2 Å². The minimum absolute atomic E-state index is 0.165. The number of ether oxygens (including phenoxy) is 2. The van der Waals surface area contributed by atoms with Crippen LogP contribution in [0.25, 0.3) is 0 Å². The third-order valence-electron chi connectivity index (χ3n) is 2.69. The molecule has 0 saturated heterocycles. The summed E-state index contributed by atoms with van der Waals surface area (Å²) >= 11 is 0. The SMILES string of the molecule is C[C@H](N)C(=O)NCc1ccc2c(c1)OCCCO2. The lowest BCUT2D eigenvalue weighted by Gasteiger charge is -2.11. The Morgan fingerprint density at radius 3 is 2.83 bits per heavy atom. The first-order valence-electron chi connectivity index (χ1n) is 6.08. The molecule has 1 aromatic carbocycles. The van der Waals surface area contributed by atoms with Crippen LogP contribution in [0.15, 0.2) is 18.2 Å². The molecule has 0 unspecified atom stereocenters. The van der Waals surface area contributed by atoms with E-state index in [2.05, 4.69) is 5.32 Å². The maximum atomic E-state index is 11.4. The molecular formula is C13H18N2O3. The molecule has 0 saturated carbocycles. The van der Waals surface area contributed by atoms with E-state index in [1.165, 1.54) is 0 Å². The topological polar surface area (TPSA) is 73.6 Å². The van der Waals surface area contributed by atoms with Gasteiger partial charge in [0.15, 0.2) is 11.5 Å². The Labute approximate surface area is 106 Å². The molecule has 0 fully saturated rings. The Hall–Kier alpha value is -1.75. The molecular weight excluding hydrogens is 232 g/mol. The molecule has 1 amide bonds. The quantitative estimate of drug-likeness (QED) is 0.832. The lowest BCUT2D eigenvalue weighted by atomic mass is 10.2. The Morgan fingerprint density at radius 1 is 1.39 bits per heavy atom. The number of hydrogen-bond acceptors (Lipinski definition) is 4. The predicted octanol–water partition coefficient (Wildman–Crippen LogP) is 0.811. The summed E-state index contributed by atoms with van der Waals surface area (Å²) in [5.41, 5.74) is 6.44. The zero-order chi connectivity index (χ0) is 13.0. The van der Waals surface area contributed by atoms with Crippen molar-refractivity contribution in [3.05, 3.63) is 23.8 Å². The van der Waals surface area contributed by atoms with E-state index in [0.717, 1.165) is 23.5 Å². The highest BCUT2D eigenvalue weighted by Crippen LogP contribution is 2.30. The molecule has 0 spiro atoms. The molecule has 0 bridgehead atoms. The van der Waals surface area contributed by atoms with Gasteiger partial charge in [-0.2, -0.15) is 0 Å². The van der Waals surface area contributed by atoms with E-state index in [1.54, 1.807) is 6.92 Å². The molecule has 1 atom stereocenters. The van der Waals surface area contributed by atoms with Crippen LogP contribution >= 0.6 is 0 Å². The van der Waals surface area contributed by atoms with Crippen molar-refractivity contribution in [1.82, 2.24) is 5.32 Å². The van der Waals surface area contributed by atoms with Crippen molar-refractivity contribution in [3.8, 4) is 11.5 Å². The summed E-state index contributed by atoms with van der Waals surface area (Å²) in [6.07, 6.45) is 0.880. The first-order chi connectivity index (χ1) is 8.66. The van der Waals surface area contributed by atoms with E-state index in [9.17, 15) is 4.79 Å². The summed E-state index contributed by atoms with van der Waals surface area (Å²) < 4.78 is 11.1. The number of nitrogens with one attached hydrogen (secondary N) is 1. The number of nitrogens with two attached hydrogens (primary N) is 1. The van der Waals surface area contributed by atoms with Gasteiger partial charge in [-0.15, -0.1) is 0 Å². The second kappa shape index (κ2) is 5.73. The van der Waals surface area contributed by atoms with Gasteiger partial charge in [0.1, 0.15) is 0 Å². The number of amides is 1. The van der Waals surface area contributed by atoms with E-state index in [-0.39, 0.29) is 5.91 Å². The van der Waals surface area contributed by atoms with Gasteiger partial charge in [-0.3, -0.25) is 4.79 Å². The second-order valence-corrected chi connectivity index (χ2v) is 4.34. The fraction of sp³-hybridized carbons (Fsp3) is 0.462. The number of benzene rings is 1. The second-order valence-electron chi connectivity index (χ2n) is 4.34. The van der Waals surface area contributed by atoms with Gasteiger partial charge in [-0.05, 0) is 24.6 Å². The third-order valence-corrected chi connectivity index (χ3v) is 2.69. The Kier molecular flexibility index (Phi) is 4.04. The number of fused-ring (bicyclic) bond motifs is 1. The van der Waals surface area contributed by atoms with Crippen LogP contribution in [0.2, 0.25) is 0 Å². The van der Waals surface area contributed by atoms with E-state index < -0.39 is 6.04 Å². The molecule has 3 N–H and O–H groups in total. The summed E-state index contributed by atoms with van der Waals surface area (Å²) in [7, 11) is 0.